The van der Waals surface area contributed by atoms with E-state index in [1.54, 1.807) is 0 Å². The second-order valence-corrected chi connectivity index (χ2v) is 16.4. The zero-order chi connectivity index (χ0) is 37.4. The lowest BCUT2D eigenvalue weighted by Gasteiger charge is -2.21. The van der Waals surface area contributed by atoms with E-state index in [4.69, 9.17) is 9.97 Å². The molecule has 0 saturated carbocycles. The lowest BCUT2D eigenvalue weighted by atomic mass is 9.82. The van der Waals surface area contributed by atoms with Crippen molar-refractivity contribution >= 4 is 42.3 Å². The van der Waals surface area contributed by atoms with Crippen LogP contribution in [0.25, 0.3) is 98.2 Å². The van der Waals surface area contributed by atoms with E-state index in [1.807, 2.05) is 17.4 Å². The zero-order valence-corrected chi connectivity index (χ0v) is 31.9. The molecule has 8 aromatic carbocycles. The molecule has 10 aromatic rings. The summed E-state index contributed by atoms with van der Waals surface area (Å²) >= 11 is 1.88. The van der Waals surface area contributed by atoms with Gasteiger partial charge in [0.25, 0.3) is 0 Å². The summed E-state index contributed by atoms with van der Waals surface area (Å²) in [4.78, 5) is 10.7. The molecule has 0 spiro atoms. The molecule has 11 rings (SSSR count). The summed E-state index contributed by atoms with van der Waals surface area (Å²) in [6, 6.07) is 65.9. The van der Waals surface area contributed by atoms with Gasteiger partial charge in [0.2, 0.25) is 0 Å². The predicted molar refractivity (Wildman–Crippen MR) is 237 cm³/mol. The molecule has 264 valence electrons. The highest BCUT2D eigenvalue weighted by atomic mass is 32.1. The van der Waals surface area contributed by atoms with Crippen molar-refractivity contribution in [3.05, 3.63) is 193 Å². The second-order valence-electron chi connectivity index (χ2n) is 15.4. The Bertz CT molecular complexity index is 3160. The molecule has 2 heterocycles. The Morgan fingerprint density at radius 3 is 1.84 bits per heavy atom. The van der Waals surface area contributed by atoms with Crippen LogP contribution in [0, 0.1) is 0 Å². The molecular weight excluding hydrogens is 697 g/mol. The summed E-state index contributed by atoms with van der Waals surface area (Å²) in [5.41, 5.74) is 14.8. The molecule has 0 radical (unpaired) electrons. The summed E-state index contributed by atoms with van der Waals surface area (Å²) in [5, 5.41) is 5.13. The van der Waals surface area contributed by atoms with E-state index in [0.29, 0.717) is 5.82 Å². The number of fused-ring (bicyclic) bond motifs is 7. The van der Waals surface area contributed by atoms with Gasteiger partial charge in [-0.1, -0.05) is 159 Å². The fraction of sp³-hybridized carbons (Fsp3) is 0.0566. The summed E-state index contributed by atoms with van der Waals surface area (Å²) in [5.74, 6) is 0.714. The van der Waals surface area contributed by atoms with Crippen LogP contribution in [0.5, 0.6) is 0 Å². The molecule has 0 aliphatic heterocycles. The number of hydrogen-bond acceptors (Lipinski definition) is 3. The molecular formula is C53H36N2S. The molecule has 0 saturated heterocycles. The van der Waals surface area contributed by atoms with E-state index >= 15 is 0 Å². The van der Waals surface area contributed by atoms with Gasteiger partial charge in [0.1, 0.15) is 0 Å². The molecule has 2 aromatic heterocycles. The molecule has 1 aliphatic rings. The van der Waals surface area contributed by atoms with E-state index in [0.717, 1.165) is 33.6 Å². The topological polar surface area (TPSA) is 25.8 Å². The molecule has 2 nitrogen and oxygen atoms in total. The number of rotatable bonds is 5. The van der Waals surface area contributed by atoms with Gasteiger partial charge in [-0.3, -0.25) is 0 Å². The van der Waals surface area contributed by atoms with E-state index in [-0.39, 0.29) is 5.41 Å². The number of benzene rings is 8. The van der Waals surface area contributed by atoms with Gasteiger partial charge < -0.3 is 0 Å². The molecule has 0 amide bonds. The fourth-order valence-electron chi connectivity index (χ4n) is 8.86. The van der Waals surface area contributed by atoms with Gasteiger partial charge in [0.05, 0.1) is 11.4 Å². The van der Waals surface area contributed by atoms with Crippen LogP contribution in [-0.4, -0.2) is 9.97 Å². The Morgan fingerprint density at radius 1 is 0.411 bits per heavy atom. The fourth-order valence-corrected chi connectivity index (χ4v) is 10.1. The second kappa shape index (κ2) is 12.7. The Balaban J connectivity index is 1.16. The van der Waals surface area contributed by atoms with Gasteiger partial charge >= 0.3 is 0 Å². The van der Waals surface area contributed by atoms with Crippen molar-refractivity contribution in [2.45, 2.75) is 19.3 Å². The maximum atomic E-state index is 5.36. The molecule has 0 atom stereocenters. The van der Waals surface area contributed by atoms with Crippen molar-refractivity contribution in [2.24, 2.45) is 0 Å². The van der Waals surface area contributed by atoms with E-state index in [2.05, 4.69) is 190 Å². The van der Waals surface area contributed by atoms with Crippen molar-refractivity contribution in [1.82, 2.24) is 9.97 Å². The first-order chi connectivity index (χ1) is 27.5. The monoisotopic (exact) mass is 732 g/mol. The van der Waals surface area contributed by atoms with Crippen LogP contribution >= 0.6 is 11.3 Å². The van der Waals surface area contributed by atoms with Gasteiger partial charge in [-0.2, -0.15) is 0 Å². The van der Waals surface area contributed by atoms with Crippen LogP contribution in [-0.2, 0) is 5.41 Å². The first kappa shape index (κ1) is 32.7. The Labute approximate surface area is 330 Å². The van der Waals surface area contributed by atoms with Crippen LogP contribution < -0.4 is 0 Å². The quantitative estimate of drug-likeness (QED) is 0.176. The van der Waals surface area contributed by atoms with Gasteiger partial charge in [0, 0.05) is 42.3 Å². The van der Waals surface area contributed by atoms with Gasteiger partial charge in [-0.05, 0) is 91.7 Å². The van der Waals surface area contributed by atoms with Crippen molar-refractivity contribution in [2.75, 3.05) is 0 Å². The van der Waals surface area contributed by atoms with Crippen molar-refractivity contribution in [3.8, 4) is 67.3 Å². The minimum Gasteiger partial charge on any atom is -0.228 e. The number of aromatic nitrogens is 2. The first-order valence-electron chi connectivity index (χ1n) is 19.2. The largest absolute Gasteiger partial charge is 0.228 e. The van der Waals surface area contributed by atoms with Crippen molar-refractivity contribution in [3.63, 3.8) is 0 Å². The maximum Gasteiger partial charge on any atom is 0.160 e. The summed E-state index contributed by atoms with van der Waals surface area (Å²) in [6.07, 6.45) is 0. The molecule has 1 aliphatic carbocycles. The van der Waals surface area contributed by atoms with E-state index < -0.39 is 0 Å². The number of hydrogen-bond donors (Lipinski definition) is 0. The summed E-state index contributed by atoms with van der Waals surface area (Å²) in [6.45, 7) is 4.66. The third-order valence-corrected chi connectivity index (χ3v) is 12.9. The summed E-state index contributed by atoms with van der Waals surface area (Å²) < 4.78 is 2.60. The Kier molecular flexibility index (Phi) is 7.42. The standard InChI is InChI=1S/C53H36N2S/c1-53(2)45-25-12-11-21-42(45)50-43(24-14-26-46(50)53)48-32-47(54-52(55-48)34-17-7-4-8-18-34)39-28-37(33-15-5-3-6-16-33)27-38(29-39)40-22-13-23-41-44-30-35-19-9-10-20-36(35)31-49(44)56-51(40)41/h3-32H,1-2H3. The van der Waals surface area contributed by atoms with Crippen LogP contribution in [0.4, 0.5) is 0 Å². The van der Waals surface area contributed by atoms with Crippen LogP contribution in [0.2, 0.25) is 0 Å². The van der Waals surface area contributed by atoms with Crippen molar-refractivity contribution in [1.29, 1.82) is 0 Å². The summed E-state index contributed by atoms with van der Waals surface area (Å²) in [7, 11) is 0. The molecule has 56 heavy (non-hydrogen) atoms. The minimum absolute atomic E-state index is 0.112. The smallest absolute Gasteiger partial charge is 0.160 e. The normalized spacial score (nSPS) is 13.0. The highest BCUT2D eigenvalue weighted by molar-refractivity contribution is 7.26. The minimum atomic E-state index is -0.112. The van der Waals surface area contributed by atoms with Gasteiger partial charge in [-0.25, -0.2) is 9.97 Å². The lowest BCUT2D eigenvalue weighted by molar-refractivity contribution is 0.660. The van der Waals surface area contributed by atoms with Gasteiger partial charge in [0.15, 0.2) is 5.82 Å². The average Bonchev–Trinajstić information content (AvgIpc) is 3.74. The molecule has 3 heteroatoms. The van der Waals surface area contributed by atoms with E-state index in [9.17, 15) is 0 Å². The van der Waals surface area contributed by atoms with Crippen molar-refractivity contribution < 1.29 is 0 Å². The SMILES string of the molecule is CC1(C)c2ccccc2-c2c(-c3cc(-c4cc(-c5ccccc5)cc(-c5cccc6c5sc5cc7ccccc7cc56)c4)nc(-c4ccccc4)n3)cccc21. The zero-order valence-electron chi connectivity index (χ0n) is 31.1. The molecule has 0 unspecified atom stereocenters. The molecule has 0 bridgehead atoms. The third-order valence-electron chi connectivity index (χ3n) is 11.7. The third kappa shape index (κ3) is 5.23. The molecule has 0 N–H and O–H groups in total. The maximum absolute atomic E-state index is 5.36. The van der Waals surface area contributed by atoms with Crippen LogP contribution in [0.15, 0.2) is 182 Å². The lowest BCUT2D eigenvalue weighted by Crippen LogP contribution is -2.14. The number of nitrogens with zero attached hydrogens (tertiary/aromatic N) is 2. The highest BCUT2D eigenvalue weighted by Crippen LogP contribution is 2.52. The molecule has 0 fully saturated rings. The van der Waals surface area contributed by atoms with Crippen LogP contribution in [0.3, 0.4) is 0 Å². The van der Waals surface area contributed by atoms with E-state index in [1.165, 1.54) is 69.9 Å². The first-order valence-corrected chi connectivity index (χ1v) is 20.0. The Morgan fingerprint density at radius 2 is 1.02 bits per heavy atom. The Hall–Kier alpha value is -6.68. The predicted octanol–water partition coefficient (Wildman–Crippen LogP) is 14.6. The highest BCUT2D eigenvalue weighted by Gasteiger charge is 2.36. The van der Waals surface area contributed by atoms with Crippen LogP contribution in [0.1, 0.15) is 25.0 Å². The average molecular weight is 733 g/mol. The number of thiophene rings is 1. The van der Waals surface area contributed by atoms with Gasteiger partial charge in [-0.15, -0.1) is 11.3 Å².